The monoisotopic (exact) mass is 177 g/mol. The van der Waals surface area contributed by atoms with Gasteiger partial charge in [0.15, 0.2) is 0 Å². The first-order valence-corrected chi connectivity index (χ1v) is 4.53. The minimum atomic E-state index is 0.720. The molecule has 0 aromatic rings. The highest BCUT2D eigenvalue weighted by atomic mass is 14.5. The predicted molar refractivity (Wildman–Crippen MR) is 60.5 cm³/mol. The molecule has 0 unspecified atom stereocenters. The first-order valence-electron chi connectivity index (χ1n) is 4.53. The van der Waals surface area contributed by atoms with E-state index in [0.717, 1.165) is 18.5 Å². The normalized spacial score (nSPS) is 13.0. The molecule has 0 fully saturated rings. The molecular formula is C12H19N. The summed E-state index contributed by atoms with van der Waals surface area (Å²) in [5.74, 6) is 0. The third-order valence-electron chi connectivity index (χ3n) is 1.52. The molecule has 0 atom stereocenters. The Balaban J connectivity index is 3.86. The van der Waals surface area contributed by atoms with Crippen LogP contribution >= 0.6 is 0 Å². The highest BCUT2D eigenvalue weighted by molar-refractivity contribution is 5.20. The summed E-state index contributed by atoms with van der Waals surface area (Å²) < 4.78 is 0. The molecule has 72 valence electrons. The van der Waals surface area contributed by atoms with Crippen LogP contribution in [-0.4, -0.2) is 6.54 Å². The molecule has 0 radical (unpaired) electrons. The van der Waals surface area contributed by atoms with E-state index in [1.54, 1.807) is 0 Å². The lowest BCUT2D eigenvalue weighted by atomic mass is 10.2. The van der Waals surface area contributed by atoms with Crippen molar-refractivity contribution in [3.05, 3.63) is 48.1 Å². The second-order valence-corrected chi connectivity index (χ2v) is 3.14. The number of allylic oxidation sites excluding steroid dienone is 6. The summed E-state index contributed by atoms with van der Waals surface area (Å²) in [7, 11) is 0. The van der Waals surface area contributed by atoms with E-state index < -0.39 is 0 Å². The fourth-order valence-corrected chi connectivity index (χ4v) is 0.815. The predicted octanol–water partition coefficient (Wildman–Crippen LogP) is 2.97. The van der Waals surface area contributed by atoms with Crippen LogP contribution in [0.4, 0.5) is 0 Å². The molecule has 0 aromatic heterocycles. The van der Waals surface area contributed by atoms with Crippen molar-refractivity contribution in [3.8, 4) is 0 Å². The average Bonchev–Trinajstić information content (AvgIpc) is 2.03. The van der Waals surface area contributed by atoms with Crippen LogP contribution in [0.25, 0.3) is 0 Å². The Morgan fingerprint density at radius 1 is 1.23 bits per heavy atom. The zero-order valence-corrected chi connectivity index (χ0v) is 8.59. The lowest BCUT2D eigenvalue weighted by Gasteiger charge is -1.92. The van der Waals surface area contributed by atoms with E-state index in [-0.39, 0.29) is 0 Å². The van der Waals surface area contributed by atoms with Crippen LogP contribution in [0.1, 0.15) is 20.3 Å². The summed E-state index contributed by atoms with van der Waals surface area (Å²) in [6.07, 6.45) is 11.0. The smallest absolute Gasteiger partial charge is 0.00399 e. The second-order valence-electron chi connectivity index (χ2n) is 3.14. The fraction of sp³-hybridized carbons (Fsp3) is 0.333. The molecule has 0 rings (SSSR count). The highest BCUT2D eigenvalue weighted by Gasteiger charge is 1.82. The Bertz CT molecular complexity index is 232. The molecule has 13 heavy (non-hydrogen) atoms. The molecule has 0 aliphatic rings. The first kappa shape index (κ1) is 11.9. The van der Waals surface area contributed by atoms with Gasteiger partial charge in [0.2, 0.25) is 0 Å². The summed E-state index contributed by atoms with van der Waals surface area (Å²) in [4.78, 5) is 0. The number of nitrogens with two attached hydrogens (primary N) is 1. The minimum absolute atomic E-state index is 0.720. The SMILES string of the molecule is C=C(C)\C=C/C=C\C=C(\C)CCN. The quantitative estimate of drug-likeness (QED) is 0.642. The topological polar surface area (TPSA) is 26.0 Å². The van der Waals surface area contributed by atoms with E-state index in [1.807, 2.05) is 31.2 Å². The second kappa shape index (κ2) is 7.56. The Morgan fingerprint density at radius 3 is 2.46 bits per heavy atom. The van der Waals surface area contributed by atoms with Crippen LogP contribution in [0.2, 0.25) is 0 Å². The molecule has 0 aliphatic heterocycles. The fourth-order valence-electron chi connectivity index (χ4n) is 0.815. The molecule has 0 saturated carbocycles. The van der Waals surface area contributed by atoms with E-state index >= 15 is 0 Å². The van der Waals surface area contributed by atoms with Gasteiger partial charge in [-0.05, 0) is 26.8 Å². The maximum Gasteiger partial charge on any atom is -0.00399 e. The maximum absolute atomic E-state index is 5.41. The van der Waals surface area contributed by atoms with Gasteiger partial charge in [0.05, 0.1) is 0 Å². The number of hydrogen-bond donors (Lipinski definition) is 1. The van der Waals surface area contributed by atoms with Gasteiger partial charge in [-0.3, -0.25) is 0 Å². The first-order chi connectivity index (χ1) is 6.16. The van der Waals surface area contributed by atoms with E-state index in [1.165, 1.54) is 5.57 Å². The van der Waals surface area contributed by atoms with Crippen molar-refractivity contribution in [2.45, 2.75) is 20.3 Å². The summed E-state index contributed by atoms with van der Waals surface area (Å²) in [5.41, 5.74) is 7.78. The van der Waals surface area contributed by atoms with E-state index in [9.17, 15) is 0 Å². The van der Waals surface area contributed by atoms with Crippen LogP contribution in [0.15, 0.2) is 48.1 Å². The van der Waals surface area contributed by atoms with Crippen molar-refractivity contribution in [1.82, 2.24) is 0 Å². The van der Waals surface area contributed by atoms with Crippen LogP contribution in [0.3, 0.4) is 0 Å². The van der Waals surface area contributed by atoms with Gasteiger partial charge in [-0.25, -0.2) is 0 Å². The van der Waals surface area contributed by atoms with Gasteiger partial charge in [0.1, 0.15) is 0 Å². The average molecular weight is 177 g/mol. The van der Waals surface area contributed by atoms with Crippen molar-refractivity contribution in [3.63, 3.8) is 0 Å². The highest BCUT2D eigenvalue weighted by Crippen LogP contribution is 1.97. The van der Waals surface area contributed by atoms with Crippen molar-refractivity contribution in [1.29, 1.82) is 0 Å². The molecule has 1 heteroatoms. The van der Waals surface area contributed by atoms with Gasteiger partial charge < -0.3 is 5.73 Å². The van der Waals surface area contributed by atoms with Crippen LogP contribution in [0.5, 0.6) is 0 Å². The molecule has 1 nitrogen and oxygen atoms in total. The Hall–Kier alpha value is -1.08. The summed E-state index contributed by atoms with van der Waals surface area (Å²) in [6, 6.07) is 0. The summed E-state index contributed by atoms with van der Waals surface area (Å²) in [6.45, 7) is 8.54. The van der Waals surface area contributed by atoms with Gasteiger partial charge in [0.25, 0.3) is 0 Å². The molecule has 0 saturated heterocycles. The van der Waals surface area contributed by atoms with Gasteiger partial charge >= 0.3 is 0 Å². The third-order valence-corrected chi connectivity index (χ3v) is 1.52. The Morgan fingerprint density at radius 2 is 1.92 bits per heavy atom. The van der Waals surface area contributed by atoms with Crippen molar-refractivity contribution >= 4 is 0 Å². The van der Waals surface area contributed by atoms with Crippen LogP contribution < -0.4 is 5.73 Å². The lowest BCUT2D eigenvalue weighted by molar-refractivity contribution is 0.950. The molecule has 0 heterocycles. The van der Waals surface area contributed by atoms with Gasteiger partial charge in [-0.1, -0.05) is 48.1 Å². The lowest BCUT2D eigenvalue weighted by Crippen LogP contribution is -1.98. The van der Waals surface area contributed by atoms with Gasteiger partial charge in [-0.2, -0.15) is 0 Å². The molecule has 0 aromatic carbocycles. The zero-order valence-electron chi connectivity index (χ0n) is 8.59. The van der Waals surface area contributed by atoms with E-state index in [4.69, 9.17) is 5.73 Å². The molecule has 0 aliphatic carbocycles. The molecule has 0 bridgehead atoms. The summed E-state index contributed by atoms with van der Waals surface area (Å²) >= 11 is 0. The van der Waals surface area contributed by atoms with Gasteiger partial charge in [-0.15, -0.1) is 0 Å². The van der Waals surface area contributed by atoms with E-state index in [2.05, 4.69) is 19.6 Å². The van der Waals surface area contributed by atoms with E-state index in [0.29, 0.717) is 0 Å². The summed E-state index contributed by atoms with van der Waals surface area (Å²) in [5, 5.41) is 0. The van der Waals surface area contributed by atoms with Crippen molar-refractivity contribution < 1.29 is 0 Å². The standard InChI is InChI=1S/C12H19N/c1-11(2)7-5-4-6-8-12(3)9-10-13/h4-8H,1,9-10,13H2,2-3H3/b6-4-,7-5-,12-8-. The molecule has 2 N–H and O–H groups in total. The largest absolute Gasteiger partial charge is 0.330 e. The van der Waals surface area contributed by atoms with Crippen molar-refractivity contribution in [2.24, 2.45) is 5.73 Å². The molecular weight excluding hydrogens is 158 g/mol. The van der Waals surface area contributed by atoms with Crippen LogP contribution in [-0.2, 0) is 0 Å². The number of hydrogen-bond acceptors (Lipinski definition) is 1. The molecule has 0 amide bonds. The maximum atomic E-state index is 5.41. The number of rotatable bonds is 5. The van der Waals surface area contributed by atoms with Crippen molar-refractivity contribution in [2.75, 3.05) is 6.54 Å². The Kier molecular flexibility index (Phi) is 6.93. The molecule has 0 spiro atoms. The third kappa shape index (κ3) is 8.83. The van der Waals surface area contributed by atoms with Gasteiger partial charge in [0, 0.05) is 0 Å². The zero-order chi connectivity index (χ0) is 10.1. The minimum Gasteiger partial charge on any atom is -0.330 e. The Labute approximate surface area is 81.3 Å². The van der Waals surface area contributed by atoms with Crippen LogP contribution in [0, 0.1) is 0 Å².